The third-order valence-corrected chi connectivity index (χ3v) is 2.86. The first kappa shape index (κ1) is 12.6. The number of nitrogens with two attached hydrogens (primary N) is 1. The van der Waals surface area contributed by atoms with Crippen molar-refractivity contribution in [2.45, 2.75) is 6.42 Å². The minimum atomic E-state index is 0.770. The Labute approximate surface area is 108 Å². The number of hydrogen-bond donors (Lipinski definition) is 2. The Hall–Kier alpha value is -1.81. The molecule has 3 N–H and O–H groups in total. The van der Waals surface area contributed by atoms with Gasteiger partial charge in [-0.05, 0) is 50.6 Å². The maximum Gasteiger partial charge on any atom is 0.133 e. The number of nitrogen functional groups attached to an aromatic ring is 1. The molecule has 4 heteroatoms. The van der Waals surface area contributed by atoms with Gasteiger partial charge in [-0.15, -0.1) is 0 Å². The van der Waals surface area contributed by atoms with Crippen molar-refractivity contribution >= 4 is 22.3 Å². The van der Waals surface area contributed by atoms with Gasteiger partial charge < -0.3 is 16.0 Å². The molecule has 4 nitrogen and oxygen atoms in total. The summed E-state index contributed by atoms with van der Waals surface area (Å²) in [6.07, 6.45) is 2.92. The fourth-order valence-corrected chi connectivity index (χ4v) is 1.93. The first-order valence-electron chi connectivity index (χ1n) is 6.19. The summed E-state index contributed by atoms with van der Waals surface area (Å²) in [5, 5.41) is 5.62. The summed E-state index contributed by atoms with van der Waals surface area (Å²) in [5.41, 5.74) is 6.60. The number of hydrogen-bond acceptors (Lipinski definition) is 4. The van der Waals surface area contributed by atoms with E-state index in [0.29, 0.717) is 0 Å². The third-order valence-electron chi connectivity index (χ3n) is 2.86. The van der Waals surface area contributed by atoms with Crippen LogP contribution in [0.4, 0.5) is 11.5 Å². The van der Waals surface area contributed by atoms with E-state index in [2.05, 4.69) is 29.3 Å². The zero-order valence-corrected chi connectivity index (χ0v) is 11.0. The molecule has 0 unspecified atom stereocenters. The minimum absolute atomic E-state index is 0.770. The van der Waals surface area contributed by atoms with Gasteiger partial charge in [0, 0.05) is 23.8 Å². The van der Waals surface area contributed by atoms with Crippen LogP contribution in [-0.4, -0.2) is 37.1 Å². The van der Waals surface area contributed by atoms with E-state index in [-0.39, 0.29) is 0 Å². The number of nitrogens with zero attached hydrogens (tertiary/aromatic N) is 2. The van der Waals surface area contributed by atoms with E-state index in [9.17, 15) is 0 Å². The molecule has 18 heavy (non-hydrogen) atoms. The Balaban J connectivity index is 2.10. The molecule has 1 heterocycles. The monoisotopic (exact) mass is 244 g/mol. The topological polar surface area (TPSA) is 54.2 Å². The van der Waals surface area contributed by atoms with Gasteiger partial charge in [-0.25, -0.2) is 4.98 Å². The summed E-state index contributed by atoms with van der Waals surface area (Å²) in [6.45, 7) is 1.99. The predicted octanol–water partition coefficient (Wildman–Crippen LogP) is 2.18. The van der Waals surface area contributed by atoms with E-state index < -0.39 is 0 Å². The van der Waals surface area contributed by atoms with Crippen molar-refractivity contribution < 1.29 is 0 Å². The fraction of sp³-hybridized carbons (Fsp3) is 0.357. The lowest BCUT2D eigenvalue weighted by molar-refractivity contribution is 0.405. The number of benzene rings is 1. The Kier molecular flexibility index (Phi) is 3.99. The van der Waals surface area contributed by atoms with Gasteiger partial charge >= 0.3 is 0 Å². The lowest BCUT2D eigenvalue weighted by atomic mass is 10.1. The maximum absolute atomic E-state index is 5.83. The van der Waals surface area contributed by atoms with Crippen LogP contribution < -0.4 is 11.1 Å². The van der Waals surface area contributed by atoms with Crippen LogP contribution in [0, 0.1) is 0 Å². The normalized spacial score (nSPS) is 11.1. The number of pyridine rings is 1. The largest absolute Gasteiger partial charge is 0.399 e. The van der Waals surface area contributed by atoms with E-state index in [0.717, 1.165) is 41.8 Å². The highest BCUT2D eigenvalue weighted by atomic mass is 15.1. The highest BCUT2D eigenvalue weighted by Gasteiger charge is 2.02. The molecule has 0 saturated carbocycles. The second-order valence-electron chi connectivity index (χ2n) is 4.72. The lowest BCUT2D eigenvalue weighted by Gasteiger charge is -2.11. The van der Waals surface area contributed by atoms with Crippen molar-refractivity contribution in [1.29, 1.82) is 0 Å². The molecule has 0 spiro atoms. The summed E-state index contributed by atoms with van der Waals surface area (Å²) < 4.78 is 0. The van der Waals surface area contributed by atoms with Crippen molar-refractivity contribution in [2.24, 2.45) is 0 Å². The van der Waals surface area contributed by atoms with Gasteiger partial charge in [-0.1, -0.05) is 6.07 Å². The first-order valence-corrected chi connectivity index (χ1v) is 6.19. The molecule has 1 aromatic carbocycles. The molecule has 0 radical (unpaired) electrons. The van der Waals surface area contributed by atoms with Crippen LogP contribution in [0.1, 0.15) is 6.42 Å². The van der Waals surface area contributed by atoms with Gasteiger partial charge in [0.15, 0.2) is 0 Å². The highest BCUT2D eigenvalue weighted by Crippen LogP contribution is 2.23. The van der Waals surface area contributed by atoms with E-state index >= 15 is 0 Å². The van der Waals surface area contributed by atoms with Crippen molar-refractivity contribution in [3.8, 4) is 0 Å². The van der Waals surface area contributed by atoms with Gasteiger partial charge in [0.1, 0.15) is 5.82 Å². The van der Waals surface area contributed by atoms with E-state index in [1.807, 2.05) is 30.5 Å². The molecule has 96 valence electrons. The highest BCUT2D eigenvalue weighted by molar-refractivity contribution is 5.93. The Morgan fingerprint density at radius 2 is 2.11 bits per heavy atom. The van der Waals surface area contributed by atoms with Gasteiger partial charge in [0.2, 0.25) is 0 Å². The van der Waals surface area contributed by atoms with Gasteiger partial charge in [-0.3, -0.25) is 0 Å². The molecule has 0 saturated heterocycles. The second-order valence-corrected chi connectivity index (χ2v) is 4.72. The summed E-state index contributed by atoms with van der Waals surface area (Å²) in [6, 6.07) is 7.91. The number of anilines is 2. The minimum Gasteiger partial charge on any atom is -0.399 e. The number of aromatic nitrogens is 1. The molecule has 0 amide bonds. The van der Waals surface area contributed by atoms with Crippen LogP contribution in [0.15, 0.2) is 30.5 Å². The SMILES string of the molecule is CN(C)CCCNc1nccc2ccc(N)cc12. The quantitative estimate of drug-likeness (QED) is 0.625. The fourth-order valence-electron chi connectivity index (χ4n) is 1.93. The van der Waals surface area contributed by atoms with Gasteiger partial charge in [0.05, 0.1) is 0 Å². The van der Waals surface area contributed by atoms with E-state index in [1.54, 1.807) is 0 Å². The van der Waals surface area contributed by atoms with Gasteiger partial charge in [-0.2, -0.15) is 0 Å². The predicted molar refractivity (Wildman–Crippen MR) is 77.8 cm³/mol. The van der Waals surface area contributed by atoms with E-state index in [1.165, 1.54) is 0 Å². The average Bonchev–Trinajstić information content (AvgIpc) is 2.34. The summed E-state index contributed by atoms with van der Waals surface area (Å²) in [7, 11) is 4.16. The molecule has 2 aromatic rings. The standard InChI is InChI=1S/C14H20N4/c1-18(2)9-3-7-16-14-13-10-12(15)5-4-11(13)6-8-17-14/h4-6,8,10H,3,7,9,15H2,1-2H3,(H,16,17). The summed E-state index contributed by atoms with van der Waals surface area (Å²) >= 11 is 0. The lowest BCUT2D eigenvalue weighted by Crippen LogP contribution is -2.16. The molecule has 0 aliphatic heterocycles. The Morgan fingerprint density at radius 3 is 2.89 bits per heavy atom. The van der Waals surface area contributed by atoms with Crippen molar-refractivity contribution in [2.75, 3.05) is 38.2 Å². The van der Waals surface area contributed by atoms with Crippen LogP contribution in [0.5, 0.6) is 0 Å². The summed E-state index contributed by atoms with van der Waals surface area (Å²) in [4.78, 5) is 6.56. The molecule has 0 aliphatic carbocycles. The molecule has 0 fully saturated rings. The van der Waals surface area contributed by atoms with E-state index in [4.69, 9.17) is 5.73 Å². The molecule has 0 aliphatic rings. The molecular weight excluding hydrogens is 224 g/mol. The smallest absolute Gasteiger partial charge is 0.133 e. The van der Waals surface area contributed by atoms with Crippen LogP contribution >= 0.6 is 0 Å². The zero-order valence-electron chi connectivity index (χ0n) is 11.0. The van der Waals surface area contributed by atoms with Crippen LogP contribution in [0.3, 0.4) is 0 Å². The Morgan fingerprint density at radius 1 is 1.28 bits per heavy atom. The summed E-state index contributed by atoms with van der Waals surface area (Å²) in [5.74, 6) is 0.915. The first-order chi connectivity index (χ1) is 8.66. The van der Waals surface area contributed by atoms with Crippen LogP contribution in [0.2, 0.25) is 0 Å². The van der Waals surface area contributed by atoms with Crippen LogP contribution in [-0.2, 0) is 0 Å². The average molecular weight is 244 g/mol. The maximum atomic E-state index is 5.83. The number of nitrogens with one attached hydrogen (secondary N) is 1. The molecule has 2 rings (SSSR count). The Bertz CT molecular complexity index is 522. The van der Waals surface area contributed by atoms with Crippen molar-refractivity contribution in [1.82, 2.24) is 9.88 Å². The van der Waals surface area contributed by atoms with Crippen LogP contribution in [0.25, 0.3) is 10.8 Å². The molecule has 1 aromatic heterocycles. The third kappa shape index (κ3) is 3.11. The number of rotatable bonds is 5. The second kappa shape index (κ2) is 5.69. The molecule has 0 atom stereocenters. The zero-order chi connectivity index (χ0) is 13.0. The van der Waals surface area contributed by atoms with Gasteiger partial charge in [0.25, 0.3) is 0 Å². The molecule has 0 bridgehead atoms. The van der Waals surface area contributed by atoms with Crippen molar-refractivity contribution in [3.63, 3.8) is 0 Å². The molecular formula is C14H20N4. The van der Waals surface area contributed by atoms with Crippen molar-refractivity contribution in [3.05, 3.63) is 30.5 Å². The number of fused-ring (bicyclic) bond motifs is 1.